The standard InChI is InChI=1S/C18H16FN3O4/c19-11-2-1-3-14(6-11)22-9-13(8-17(22)23)21-18(24)20-12-4-5-15-16(7-12)26-10-25-15/h1-7,13H,8-10H2,(H2,20,21,24)/t13-/m0/s1. The van der Waals surface area contributed by atoms with Gasteiger partial charge in [-0.15, -0.1) is 0 Å². The van der Waals surface area contributed by atoms with Crippen molar-refractivity contribution in [1.29, 1.82) is 0 Å². The van der Waals surface area contributed by atoms with Crippen LogP contribution in [0, 0.1) is 5.82 Å². The molecule has 7 nitrogen and oxygen atoms in total. The predicted molar refractivity (Wildman–Crippen MR) is 91.9 cm³/mol. The molecule has 4 rings (SSSR count). The summed E-state index contributed by atoms with van der Waals surface area (Å²) in [5.74, 6) is 0.621. The summed E-state index contributed by atoms with van der Waals surface area (Å²) in [7, 11) is 0. The van der Waals surface area contributed by atoms with Gasteiger partial charge >= 0.3 is 6.03 Å². The highest BCUT2D eigenvalue weighted by atomic mass is 19.1. The van der Waals surface area contributed by atoms with Gasteiger partial charge in [0.15, 0.2) is 11.5 Å². The zero-order valence-electron chi connectivity index (χ0n) is 13.7. The molecular formula is C18H16FN3O4. The number of hydrogen-bond donors (Lipinski definition) is 2. The molecule has 134 valence electrons. The Hall–Kier alpha value is -3.29. The maximum Gasteiger partial charge on any atom is 0.319 e. The molecule has 2 aromatic carbocycles. The predicted octanol–water partition coefficient (Wildman–Crippen LogP) is 2.48. The molecule has 2 aromatic rings. The highest BCUT2D eigenvalue weighted by Gasteiger charge is 2.31. The summed E-state index contributed by atoms with van der Waals surface area (Å²) in [5, 5.41) is 5.46. The summed E-state index contributed by atoms with van der Waals surface area (Å²) in [6.07, 6.45) is 0.158. The van der Waals surface area contributed by atoms with E-state index in [1.165, 1.54) is 17.0 Å². The smallest absolute Gasteiger partial charge is 0.319 e. The zero-order chi connectivity index (χ0) is 18.1. The number of anilines is 2. The van der Waals surface area contributed by atoms with Gasteiger partial charge in [-0.05, 0) is 30.3 Å². The van der Waals surface area contributed by atoms with Gasteiger partial charge in [0.2, 0.25) is 12.7 Å². The average Bonchev–Trinajstić information content (AvgIpc) is 3.20. The quantitative estimate of drug-likeness (QED) is 0.884. The van der Waals surface area contributed by atoms with Crippen LogP contribution in [0.15, 0.2) is 42.5 Å². The van der Waals surface area contributed by atoms with Crippen molar-refractivity contribution in [2.45, 2.75) is 12.5 Å². The Morgan fingerprint density at radius 2 is 2.00 bits per heavy atom. The topological polar surface area (TPSA) is 79.9 Å². The van der Waals surface area contributed by atoms with Crippen LogP contribution in [0.2, 0.25) is 0 Å². The van der Waals surface area contributed by atoms with E-state index in [0.717, 1.165) is 0 Å². The van der Waals surface area contributed by atoms with E-state index in [4.69, 9.17) is 9.47 Å². The van der Waals surface area contributed by atoms with Gasteiger partial charge in [-0.3, -0.25) is 4.79 Å². The van der Waals surface area contributed by atoms with Crippen LogP contribution in [-0.4, -0.2) is 31.3 Å². The molecule has 1 atom stereocenters. The number of carbonyl (C=O) groups excluding carboxylic acids is 2. The third-order valence-electron chi connectivity index (χ3n) is 4.21. The molecule has 2 heterocycles. The first-order chi connectivity index (χ1) is 12.6. The second kappa shape index (κ2) is 6.55. The van der Waals surface area contributed by atoms with Crippen LogP contribution in [-0.2, 0) is 4.79 Å². The van der Waals surface area contributed by atoms with E-state index in [9.17, 15) is 14.0 Å². The molecule has 26 heavy (non-hydrogen) atoms. The van der Waals surface area contributed by atoms with Crippen molar-refractivity contribution in [3.05, 3.63) is 48.3 Å². The molecule has 0 aliphatic carbocycles. The van der Waals surface area contributed by atoms with E-state index in [-0.39, 0.29) is 31.7 Å². The van der Waals surface area contributed by atoms with Gasteiger partial charge in [-0.25, -0.2) is 9.18 Å². The monoisotopic (exact) mass is 357 g/mol. The minimum absolute atomic E-state index is 0.158. The van der Waals surface area contributed by atoms with Crippen molar-refractivity contribution in [2.24, 2.45) is 0 Å². The molecule has 2 N–H and O–H groups in total. The molecule has 0 aromatic heterocycles. The summed E-state index contributed by atoms with van der Waals surface area (Å²) >= 11 is 0. The molecule has 1 fully saturated rings. The number of hydrogen-bond acceptors (Lipinski definition) is 4. The zero-order valence-corrected chi connectivity index (χ0v) is 13.7. The van der Waals surface area contributed by atoms with Gasteiger partial charge in [0, 0.05) is 30.4 Å². The van der Waals surface area contributed by atoms with Gasteiger partial charge < -0.3 is 25.0 Å². The summed E-state index contributed by atoms with van der Waals surface area (Å²) < 4.78 is 23.8. The molecule has 0 bridgehead atoms. The highest BCUT2D eigenvalue weighted by molar-refractivity contribution is 5.97. The average molecular weight is 357 g/mol. The summed E-state index contributed by atoms with van der Waals surface area (Å²) in [6, 6.07) is 10.1. The molecule has 0 saturated carbocycles. The lowest BCUT2D eigenvalue weighted by molar-refractivity contribution is -0.117. The van der Waals surface area contributed by atoms with E-state index in [1.807, 2.05) is 0 Å². The van der Waals surface area contributed by atoms with Gasteiger partial charge in [-0.2, -0.15) is 0 Å². The SMILES string of the molecule is O=C(Nc1ccc2c(c1)OCO2)N[C@H]1CC(=O)N(c2cccc(F)c2)C1. The fraction of sp³-hybridized carbons (Fsp3) is 0.222. The molecule has 2 aliphatic heterocycles. The number of nitrogens with zero attached hydrogens (tertiary/aromatic N) is 1. The van der Waals surface area contributed by atoms with Crippen molar-refractivity contribution in [3.8, 4) is 11.5 Å². The first kappa shape index (κ1) is 16.2. The van der Waals surface area contributed by atoms with Crippen LogP contribution in [0.25, 0.3) is 0 Å². The lowest BCUT2D eigenvalue weighted by atomic mass is 10.2. The molecule has 1 saturated heterocycles. The first-order valence-corrected chi connectivity index (χ1v) is 8.11. The Balaban J connectivity index is 1.37. The van der Waals surface area contributed by atoms with Crippen LogP contribution < -0.4 is 25.0 Å². The highest BCUT2D eigenvalue weighted by Crippen LogP contribution is 2.34. The number of halogens is 1. The minimum Gasteiger partial charge on any atom is -0.454 e. The molecule has 0 unspecified atom stereocenters. The molecule has 2 aliphatic rings. The van der Waals surface area contributed by atoms with Crippen LogP contribution in [0.3, 0.4) is 0 Å². The van der Waals surface area contributed by atoms with Crippen molar-refractivity contribution in [3.63, 3.8) is 0 Å². The second-order valence-electron chi connectivity index (χ2n) is 6.05. The first-order valence-electron chi connectivity index (χ1n) is 8.11. The summed E-state index contributed by atoms with van der Waals surface area (Å²) in [5.41, 5.74) is 1.04. The Morgan fingerprint density at radius 1 is 1.15 bits per heavy atom. The van der Waals surface area contributed by atoms with Crippen molar-refractivity contribution >= 4 is 23.3 Å². The largest absolute Gasteiger partial charge is 0.454 e. The number of ether oxygens (including phenoxy) is 2. The van der Waals surface area contributed by atoms with Crippen molar-refractivity contribution in [1.82, 2.24) is 5.32 Å². The molecule has 8 heteroatoms. The number of urea groups is 1. The van der Waals surface area contributed by atoms with Gasteiger partial charge in [0.05, 0.1) is 6.04 Å². The van der Waals surface area contributed by atoms with Crippen LogP contribution in [0.4, 0.5) is 20.6 Å². The molecule has 0 radical (unpaired) electrons. The minimum atomic E-state index is -0.428. The molecule has 3 amide bonds. The Labute approximate surface area is 148 Å². The van der Waals surface area contributed by atoms with Crippen LogP contribution in [0.5, 0.6) is 11.5 Å². The normalized spacial score (nSPS) is 18.1. The van der Waals surface area contributed by atoms with Crippen molar-refractivity contribution < 1.29 is 23.5 Å². The second-order valence-corrected chi connectivity index (χ2v) is 6.05. The molecular weight excluding hydrogens is 341 g/mol. The lowest BCUT2D eigenvalue weighted by Crippen LogP contribution is -2.39. The van der Waals surface area contributed by atoms with Gasteiger partial charge in [0.1, 0.15) is 5.82 Å². The van der Waals surface area contributed by atoms with E-state index in [0.29, 0.717) is 22.9 Å². The fourth-order valence-electron chi connectivity index (χ4n) is 3.02. The third kappa shape index (κ3) is 3.26. The van der Waals surface area contributed by atoms with Crippen molar-refractivity contribution in [2.75, 3.05) is 23.6 Å². The number of nitrogens with one attached hydrogen (secondary N) is 2. The number of rotatable bonds is 3. The maximum absolute atomic E-state index is 13.4. The van der Waals surface area contributed by atoms with Crippen LogP contribution >= 0.6 is 0 Å². The Bertz CT molecular complexity index is 873. The van der Waals surface area contributed by atoms with E-state index < -0.39 is 11.8 Å². The number of fused-ring (bicyclic) bond motifs is 1. The summed E-state index contributed by atoms with van der Waals surface area (Å²) in [6.45, 7) is 0.446. The van der Waals surface area contributed by atoms with Crippen LogP contribution in [0.1, 0.15) is 6.42 Å². The van der Waals surface area contributed by atoms with Gasteiger partial charge in [0.25, 0.3) is 0 Å². The maximum atomic E-state index is 13.4. The van der Waals surface area contributed by atoms with E-state index in [2.05, 4.69) is 10.6 Å². The Morgan fingerprint density at radius 3 is 2.85 bits per heavy atom. The molecule has 0 spiro atoms. The van der Waals surface area contributed by atoms with E-state index >= 15 is 0 Å². The third-order valence-corrected chi connectivity index (χ3v) is 4.21. The van der Waals surface area contributed by atoms with E-state index in [1.54, 1.807) is 30.3 Å². The number of amides is 3. The Kier molecular flexibility index (Phi) is 4.08. The fourth-order valence-corrected chi connectivity index (χ4v) is 3.02. The number of benzene rings is 2. The lowest BCUT2D eigenvalue weighted by Gasteiger charge is -2.17. The summed E-state index contributed by atoms with van der Waals surface area (Å²) in [4.78, 5) is 25.8. The number of carbonyl (C=O) groups is 2. The van der Waals surface area contributed by atoms with Gasteiger partial charge in [-0.1, -0.05) is 6.07 Å².